The summed E-state index contributed by atoms with van der Waals surface area (Å²) in [5.74, 6) is -0.0749. The van der Waals surface area contributed by atoms with Gasteiger partial charge in [0.1, 0.15) is 0 Å². The van der Waals surface area contributed by atoms with E-state index in [-0.39, 0.29) is 30.1 Å². The third-order valence-electron chi connectivity index (χ3n) is 3.58. The van der Waals surface area contributed by atoms with Crippen molar-refractivity contribution in [2.75, 3.05) is 6.54 Å². The maximum absolute atomic E-state index is 11.9. The van der Waals surface area contributed by atoms with Crippen molar-refractivity contribution < 1.29 is 9.59 Å². The van der Waals surface area contributed by atoms with Gasteiger partial charge in [0.15, 0.2) is 0 Å². The van der Waals surface area contributed by atoms with Crippen LogP contribution in [0.2, 0.25) is 0 Å². The van der Waals surface area contributed by atoms with Crippen LogP contribution in [0.1, 0.15) is 43.1 Å². The number of rotatable bonds is 7. The van der Waals surface area contributed by atoms with Crippen molar-refractivity contribution in [2.45, 2.75) is 39.8 Å². The fourth-order valence-electron chi connectivity index (χ4n) is 1.86. The van der Waals surface area contributed by atoms with Crippen LogP contribution < -0.4 is 16.4 Å². The Labute approximate surface area is 138 Å². The number of hydrogen-bond donors (Lipinski definition) is 3. The van der Waals surface area contributed by atoms with Crippen LogP contribution in [0.4, 0.5) is 0 Å². The molecule has 0 radical (unpaired) electrons. The van der Waals surface area contributed by atoms with Crippen LogP contribution in [0.5, 0.6) is 0 Å². The van der Waals surface area contributed by atoms with E-state index in [4.69, 9.17) is 5.73 Å². The minimum atomic E-state index is -0.482. The summed E-state index contributed by atoms with van der Waals surface area (Å²) in [7, 11) is 0. The topological polar surface area (TPSA) is 84.2 Å². The molecule has 4 N–H and O–H groups in total. The van der Waals surface area contributed by atoms with E-state index in [1.54, 1.807) is 12.1 Å². The summed E-state index contributed by atoms with van der Waals surface area (Å²) in [6, 6.07) is 6.69. The van der Waals surface area contributed by atoms with Crippen LogP contribution in [-0.2, 0) is 11.3 Å². The third kappa shape index (κ3) is 6.03. The van der Waals surface area contributed by atoms with E-state index in [0.29, 0.717) is 18.7 Å². The molecule has 0 aliphatic heterocycles. The normalized spacial score (nSPS) is 12.7. The summed E-state index contributed by atoms with van der Waals surface area (Å²) in [5, 5.41) is 5.56. The molecule has 1 rings (SSSR count). The van der Waals surface area contributed by atoms with Gasteiger partial charge in [0.05, 0.1) is 6.04 Å². The quantitative estimate of drug-likeness (QED) is 0.714. The van der Waals surface area contributed by atoms with Crippen molar-refractivity contribution in [3.63, 3.8) is 0 Å². The first-order chi connectivity index (χ1) is 9.99. The van der Waals surface area contributed by atoms with Gasteiger partial charge in [0.2, 0.25) is 5.91 Å². The lowest BCUT2D eigenvalue weighted by atomic mass is 9.99. The van der Waals surface area contributed by atoms with Crippen molar-refractivity contribution in [1.29, 1.82) is 0 Å². The van der Waals surface area contributed by atoms with Crippen molar-refractivity contribution in [3.05, 3.63) is 35.4 Å². The maximum atomic E-state index is 11.9. The Morgan fingerprint density at radius 3 is 2.23 bits per heavy atom. The highest BCUT2D eigenvalue weighted by Gasteiger charge is 2.18. The Morgan fingerprint density at radius 1 is 1.14 bits per heavy atom. The van der Waals surface area contributed by atoms with Crippen LogP contribution in [0, 0.1) is 5.92 Å². The number of nitrogens with one attached hydrogen (secondary N) is 2. The highest BCUT2D eigenvalue weighted by Crippen LogP contribution is 2.07. The SMILES string of the molecule is CCNC(=O)c1ccc(CNC(=O)C(N)C(C)CC)cc1.Cl. The minimum Gasteiger partial charge on any atom is -0.352 e. The largest absolute Gasteiger partial charge is 0.352 e. The second-order valence-electron chi connectivity index (χ2n) is 5.19. The number of benzene rings is 1. The van der Waals surface area contributed by atoms with E-state index in [1.165, 1.54) is 0 Å². The molecule has 0 bridgehead atoms. The molecule has 0 heterocycles. The molecule has 124 valence electrons. The molecule has 2 unspecified atom stereocenters. The van der Waals surface area contributed by atoms with Gasteiger partial charge in [-0.25, -0.2) is 0 Å². The molecule has 0 saturated heterocycles. The fourth-order valence-corrected chi connectivity index (χ4v) is 1.86. The molecule has 1 aromatic rings. The van der Waals surface area contributed by atoms with Gasteiger partial charge in [-0.3, -0.25) is 9.59 Å². The summed E-state index contributed by atoms with van der Waals surface area (Å²) in [6.45, 7) is 6.87. The molecule has 0 spiro atoms. The van der Waals surface area contributed by atoms with Crippen LogP contribution in [0.15, 0.2) is 24.3 Å². The predicted octanol–water partition coefficient (Wildman–Crippen LogP) is 1.85. The molecule has 2 amide bonds. The van der Waals surface area contributed by atoms with E-state index < -0.39 is 6.04 Å². The highest BCUT2D eigenvalue weighted by atomic mass is 35.5. The van der Waals surface area contributed by atoms with E-state index in [9.17, 15) is 9.59 Å². The smallest absolute Gasteiger partial charge is 0.251 e. The Kier molecular flexibility index (Phi) is 9.45. The van der Waals surface area contributed by atoms with E-state index in [0.717, 1.165) is 12.0 Å². The van der Waals surface area contributed by atoms with Gasteiger partial charge in [0.25, 0.3) is 5.91 Å². The van der Waals surface area contributed by atoms with Gasteiger partial charge in [-0.2, -0.15) is 0 Å². The lowest BCUT2D eigenvalue weighted by Gasteiger charge is -2.17. The molecule has 0 aliphatic carbocycles. The van der Waals surface area contributed by atoms with Crippen molar-refractivity contribution in [3.8, 4) is 0 Å². The number of carbonyl (C=O) groups is 2. The summed E-state index contributed by atoms with van der Waals surface area (Å²) in [6.07, 6.45) is 0.871. The fraction of sp³-hybridized carbons (Fsp3) is 0.500. The Bertz CT molecular complexity index is 477. The minimum absolute atomic E-state index is 0. The van der Waals surface area contributed by atoms with Crippen LogP contribution >= 0.6 is 12.4 Å². The van der Waals surface area contributed by atoms with E-state index in [2.05, 4.69) is 10.6 Å². The average molecular weight is 328 g/mol. The van der Waals surface area contributed by atoms with Crippen molar-refractivity contribution in [2.24, 2.45) is 11.7 Å². The number of nitrogens with two attached hydrogens (primary N) is 1. The Hall–Kier alpha value is -1.59. The molecule has 0 aromatic heterocycles. The number of halogens is 1. The average Bonchev–Trinajstić information content (AvgIpc) is 2.51. The van der Waals surface area contributed by atoms with Crippen molar-refractivity contribution >= 4 is 24.2 Å². The van der Waals surface area contributed by atoms with Gasteiger partial charge in [-0.15, -0.1) is 12.4 Å². The molecule has 0 saturated carbocycles. The lowest BCUT2D eigenvalue weighted by molar-refractivity contribution is -0.123. The zero-order valence-electron chi connectivity index (χ0n) is 13.4. The zero-order chi connectivity index (χ0) is 15.8. The maximum Gasteiger partial charge on any atom is 0.251 e. The van der Waals surface area contributed by atoms with Crippen LogP contribution in [0.3, 0.4) is 0 Å². The van der Waals surface area contributed by atoms with Gasteiger partial charge in [-0.1, -0.05) is 32.4 Å². The number of hydrogen-bond acceptors (Lipinski definition) is 3. The summed E-state index contributed by atoms with van der Waals surface area (Å²) >= 11 is 0. The van der Waals surface area contributed by atoms with Gasteiger partial charge in [0, 0.05) is 18.7 Å². The lowest BCUT2D eigenvalue weighted by Crippen LogP contribution is -2.44. The van der Waals surface area contributed by atoms with Gasteiger partial charge in [-0.05, 0) is 30.5 Å². The molecule has 1 aromatic carbocycles. The molecule has 0 aliphatic rings. The van der Waals surface area contributed by atoms with Gasteiger partial charge >= 0.3 is 0 Å². The molecule has 0 fully saturated rings. The highest BCUT2D eigenvalue weighted by molar-refractivity contribution is 5.94. The van der Waals surface area contributed by atoms with E-state index >= 15 is 0 Å². The molecular weight excluding hydrogens is 302 g/mol. The molecule has 2 atom stereocenters. The van der Waals surface area contributed by atoms with Crippen LogP contribution in [0.25, 0.3) is 0 Å². The summed E-state index contributed by atoms with van der Waals surface area (Å²) in [5.41, 5.74) is 7.42. The Balaban J connectivity index is 0.00000441. The second-order valence-corrected chi connectivity index (χ2v) is 5.19. The monoisotopic (exact) mass is 327 g/mol. The molecular formula is C16H26ClN3O2. The standard InChI is InChI=1S/C16H25N3O2.ClH/c1-4-11(3)14(17)16(21)19-10-12-6-8-13(9-7-12)15(20)18-5-2;/h6-9,11,14H,4-5,10,17H2,1-3H3,(H,18,20)(H,19,21);1H. The molecule has 5 nitrogen and oxygen atoms in total. The Morgan fingerprint density at radius 2 is 1.73 bits per heavy atom. The number of amides is 2. The second kappa shape index (κ2) is 10.2. The molecule has 22 heavy (non-hydrogen) atoms. The first-order valence-corrected chi connectivity index (χ1v) is 7.40. The van der Waals surface area contributed by atoms with Crippen LogP contribution in [-0.4, -0.2) is 24.4 Å². The predicted molar refractivity (Wildman–Crippen MR) is 91.0 cm³/mol. The summed E-state index contributed by atoms with van der Waals surface area (Å²) < 4.78 is 0. The third-order valence-corrected chi connectivity index (χ3v) is 3.58. The summed E-state index contributed by atoms with van der Waals surface area (Å²) in [4.78, 5) is 23.5. The molecule has 6 heteroatoms. The van der Waals surface area contributed by atoms with Gasteiger partial charge < -0.3 is 16.4 Å². The van der Waals surface area contributed by atoms with E-state index in [1.807, 2.05) is 32.9 Å². The zero-order valence-corrected chi connectivity index (χ0v) is 14.2. The first kappa shape index (κ1) is 20.4. The van der Waals surface area contributed by atoms with Crippen molar-refractivity contribution in [1.82, 2.24) is 10.6 Å². The first-order valence-electron chi connectivity index (χ1n) is 7.40. The number of carbonyl (C=O) groups excluding carboxylic acids is 2.